The van der Waals surface area contributed by atoms with E-state index < -0.39 is 0 Å². The summed E-state index contributed by atoms with van der Waals surface area (Å²) in [6.45, 7) is 6.03. The molecule has 0 saturated heterocycles. The Morgan fingerprint density at radius 2 is 2.15 bits per heavy atom. The van der Waals surface area contributed by atoms with Crippen molar-refractivity contribution in [2.75, 3.05) is 7.11 Å². The first-order valence-electron chi connectivity index (χ1n) is 4.33. The molecule has 0 aromatic carbocycles. The Kier molecular flexibility index (Phi) is 2.76. The molecule has 0 atom stereocenters. The highest BCUT2D eigenvalue weighted by molar-refractivity contribution is 5.88. The number of esters is 1. The minimum absolute atomic E-state index is 0.276. The van der Waals surface area contributed by atoms with Crippen LogP contribution in [0.2, 0.25) is 0 Å². The van der Waals surface area contributed by atoms with Crippen LogP contribution in [0.3, 0.4) is 0 Å². The highest BCUT2D eigenvalue weighted by Gasteiger charge is 2.13. The molecule has 1 heterocycles. The van der Waals surface area contributed by atoms with Crippen molar-refractivity contribution in [3.05, 3.63) is 23.5 Å². The van der Waals surface area contributed by atoms with Crippen molar-refractivity contribution in [3.8, 4) is 0 Å². The zero-order valence-corrected chi connectivity index (χ0v) is 8.50. The van der Waals surface area contributed by atoms with Crippen LogP contribution in [0.15, 0.2) is 12.3 Å². The molecule has 1 aromatic heterocycles. The van der Waals surface area contributed by atoms with Gasteiger partial charge in [-0.15, -0.1) is 0 Å². The van der Waals surface area contributed by atoms with Gasteiger partial charge in [0.05, 0.1) is 7.11 Å². The fourth-order valence-corrected chi connectivity index (χ4v) is 1.31. The fourth-order valence-electron chi connectivity index (χ4n) is 1.31. The van der Waals surface area contributed by atoms with Crippen molar-refractivity contribution in [2.45, 2.75) is 26.8 Å². The average Bonchev–Trinajstić information content (AvgIpc) is 2.46. The number of ether oxygens (including phenoxy) is 1. The minimum Gasteiger partial charge on any atom is -0.464 e. The number of aryl methyl sites for hydroxylation is 1. The zero-order chi connectivity index (χ0) is 10.0. The molecule has 1 rings (SSSR count). The third-order valence-electron chi connectivity index (χ3n) is 1.94. The van der Waals surface area contributed by atoms with Crippen molar-refractivity contribution >= 4 is 5.97 Å². The van der Waals surface area contributed by atoms with Crippen LogP contribution in [0.4, 0.5) is 0 Å². The molecule has 0 spiro atoms. The Morgan fingerprint density at radius 1 is 1.54 bits per heavy atom. The maximum Gasteiger partial charge on any atom is 0.354 e. The summed E-state index contributed by atoms with van der Waals surface area (Å²) >= 11 is 0. The van der Waals surface area contributed by atoms with E-state index >= 15 is 0 Å². The van der Waals surface area contributed by atoms with Gasteiger partial charge in [-0.05, 0) is 32.4 Å². The lowest BCUT2D eigenvalue weighted by Gasteiger charge is -2.10. The lowest BCUT2D eigenvalue weighted by atomic mass is 10.3. The second-order valence-corrected chi connectivity index (χ2v) is 3.40. The Morgan fingerprint density at radius 3 is 2.62 bits per heavy atom. The molecule has 0 saturated carbocycles. The second kappa shape index (κ2) is 3.64. The largest absolute Gasteiger partial charge is 0.464 e. The van der Waals surface area contributed by atoms with Gasteiger partial charge in [0.1, 0.15) is 5.69 Å². The van der Waals surface area contributed by atoms with Crippen LogP contribution in [0.5, 0.6) is 0 Å². The van der Waals surface area contributed by atoms with E-state index in [0.29, 0.717) is 5.69 Å². The SMILES string of the molecule is COC(=O)c1cc(C)cn1C(C)C. The average molecular weight is 181 g/mol. The van der Waals surface area contributed by atoms with E-state index in [0.717, 1.165) is 5.56 Å². The number of rotatable bonds is 2. The fraction of sp³-hybridized carbons (Fsp3) is 0.500. The van der Waals surface area contributed by atoms with Crippen LogP contribution in [0.25, 0.3) is 0 Å². The number of aromatic nitrogens is 1. The highest BCUT2D eigenvalue weighted by atomic mass is 16.5. The van der Waals surface area contributed by atoms with Gasteiger partial charge >= 0.3 is 5.97 Å². The first kappa shape index (κ1) is 9.84. The number of nitrogens with zero attached hydrogens (tertiary/aromatic N) is 1. The summed E-state index contributed by atoms with van der Waals surface area (Å²) in [7, 11) is 1.40. The van der Waals surface area contributed by atoms with Gasteiger partial charge in [0, 0.05) is 12.2 Å². The molecule has 3 nitrogen and oxygen atoms in total. The van der Waals surface area contributed by atoms with Crippen molar-refractivity contribution in [2.24, 2.45) is 0 Å². The summed E-state index contributed by atoms with van der Waals surface area (Å²) in [5, 5.41) is 0. The Bertz CT molecular complexity index is 313. The quantitative estimate of drug-likeness (QED) is 0.655. The van der Waals surface area contributed by atoms with Crippen molar-refractivity contribution in [1.82, 2.24) is 4.57 Å². The van der Waals surface area contributed by atoms with E-state index in [2.05, 4.69) is 4.74 Å². The summed E-state index contributed by atoms with van der Waals surface area (Å²) in [6, 6.07) is 2.12. The van der Waals surface area contributed by atoms with Crippen molar-refractivity contribution in [3.63, 3.8) is 0 Å². The third-order valence-corrected chi connectivity index (χ3v) is 1.94. The Labute approximate surface area is 78.3 Å². The lowest BCUT2D eigenvalue weighted by molar-refractivity contribution is 0.0586. The molecule has 0 radical (unpaired) electrons. The van der Waals surface area contributed by atoms with Gasteiger partial charge < -0.3 is 9.30 Å². The molecule has 13 heavy (non-hydrogen) atoms. The van der Waals surface area contributed by atoms with Gasteiger partial charge in [0.15, 0.2) is 0 Å². The molecule has 1 aromatic rings. The van der Waals surface area contributed by atoms with Crippen LogP contribution in [0, 0.1) is 6.92 Å². The number of hydrogen-bond acceptors (Lipinski definition) is 2. The lowest BCUT2D eigenvalue weighted by Crippen LogP contribution is -2.11. The monoisotopic (exact) mass is 181 g/mol. The molecular formula is C10H15NO2. The first-order valence-corrected chi connectivity index (χ1v) is 4.33. The number of methoxy groups -OCH3 is 1. The molecule has 0 amide bonds. The van der Waals surface area contributed by atoms with E-state index in [4.69, 9.17) is 0 Å². The zero-order valence-electron chi connectivity index (χ0n) is 8.50. The second-order valence-electron chi connectivity index (χ2n) is 3.40. The Balaban J connectivity index is 3.11. The molecular weight excluding hydrogens is 166 g/mol. The van der Waals surface area contributed by atoms with Gasteiger partial charge in [-0.25, -0.2) is 4.79 Å². The molecule has 3 heteroatoms. The molecule has 0 aliphatic rings. The maximum atomic E-state index is 11.3. The summed E-state index contributed by atoms with van der Waals surface area (Å²) in [5.41, 5.74) is 1.70. The van der Waals surface area contributed by atoms with Crippen LogP contribution in [-0.4, -0.2) is 17.6 Å². The molecule has 72 valence electrons. The maximum absolute atomic E-state index is 11.3. The van der Waals surface area contributed by atoms with Gasteiger partial charge in [-0.2, -0.15) is 0 Å². The minimum atomic E-state index is -0.276. The molecule has 0 N–H and O–H groups in total. The topological polar surface area (TPSA) is 31.2 Å². The summed E-state index contributed by atoms with van der Waals surface area (Å²) < 4.78 is 6.60. The normalized spacial score (nSPS) is 10.5. The number of carbonyl (C=O) groups excluding carboxylic acids is 1. The van der Waals surface area contributed by atoms with Crippen LogP contribution >= 0.6 is 0 Å². The molecule has 0 bridgehead atoms. The predicted octanol–water partition coefficient (Wildman–Crippen LogP) is 2.16. The van der Waals surface area contributed by atoms with Gasteiger partial charge in [0.2, 0.25) is 0 Å². The smallest absolute Gasteiger partial charge is 0.354 e. The van der Waals surface area contributed by atoms with E-state index in [1.165, 1.54) is 7.11 Å². The van der Waals surface area contributed by atoms with Crippen molar-refractivity contribution < 1.29 is 9.53 Å². The van der Waals surface area contributed by atoms with Gasteiger partial charge in [-0.3, -0.25) is 0 Å². The highest BCUT2D eigenvalue weighted by Crippen LogP contribution is 2.14. The third kappa shape index (κ3) is 1.91. The van der Waals surface area contributed by atoms with E-state index in [1.807, 2.05) is 37.6 Å². The molecule has 0 unspecified atom stereocenters. The molecule has 0 fully saturated rings. The first-order chi connectivity index (χ1) is 6.06. The van der Waals surface area contributed by atoms with E-state index in [9.17, 15) is 4.79 Å². The summed E-state index contributed by atoms with van der Waals surface area (Å²) in [6.07, 6.45) is 1.96. The van der Waals surface area contributed by atoms with Crippen LogP contribution in [-0.2, 0) is 4.74 Å². The van der Waals surface area contributed by atoms with E-state index in [1.54, 1.807) is 0 Å². The molecule has 0 aliphatic heterocycles. The summed E-state index contributed by atoms with van der Waals surface area (Å²) in [4.78, 5) is 11.3. The standard InChI is InChI=1S/C10H15NO2/c1-7(2)11-6-8(3)5-9(11)10(12)13-4/h5-7H,1-4H3. The Hall–Kier alpha value is -1.25. The number of hydrogen-bond donors (Lipinski definition) is 0. The summed E-state index contributed by atoms with van der Waals surface area (Å²) in [5.74, 6) is -0.276. The van der Waals surface area contributed by atoms with Gasteiger partial charge in [-0.1, -0.05) is 0 Å². The van der Waals surface area contributed by atoms with Crippen LogP contribution in [0.1, 0.15) is 35.9 Å². The predicted molar refractivity (Wildman–Crippen MR) is 50.9 cm³/mol. The van der Waals surface area contributed by atoms with Gasteiger partial charge in [0.25, 0.3) is 0 Å². The van der Waals surface area contributed by atoms with Crippen LogP contribution < -0.4 is 0 Å². The molecule has 0 aliphatic carbocycles. The number of carbonyl (C=O) groups is 1. The van der Waals surface area contributed by atoms with E-state index in [-0.39, 0.29) is 12.0 Å². The van der Waals surface area contributed by atoms with Crippen molar-refractivity contribution in [1.29, 1.82) is 0 Å².